The third kappa shape index (κ3) is 3.22. The SMILES string of the molecule is Cc1ccc(C)c(CNc2ccc3c(c2)NC(=O)CS3)c1. The average molecular weight is 298 g/mol. The molecule has 0 bridgehead atoms. The minimum atomic E-state index is 0.0687. The number of thioether (sulfide) groups is 1. The second-order valence-corrected chi connectivity index (χ2v) is 6.35. The van der Waals surface area contributed by atoms with Crippen molar-refractivity contribution >= 4 is 29.0 Å². The number of hydrogen-bond donors (Lipinski definition) is 2. The van der Waals surface area contributed by atoms with E-state index in [0.717, 1.165) is 22.8 Å². The molecule has 0 spiro atoms. The lowest BCUT2D eigenvalue weighted by atomic mass is 10.1. The number of carbonyl (C=O) groups excluding carboxylic acids is 1. The van der Waals surface area contributed by atoms with Crippen molar-refractivity contribution in [3.8, 4) is 0 Å². The van der Waals surface area contributed by atoms with E-state index in [1.807, 2.05) is 6.07 Å². The lowest BCUT2D eigenvalue weighted by Gasteiger charge is -2.18. The van der Waals surface area contributed by atoms with Gasteiger partial charge in [0.15, 0.2) is 0 Å². The van der Waals surface area contributed by atoms with Crippen LogP contribution in [0, 0.1) is 13.8 Å². The van der Waals surface area contributed by atoms with Crippen molar-refractivity contribution < 1.29 is 4.79 Å². The van der Waals surface area contributed by atoms with Crippen LogP contribution in [-0.4, -0.2) is 11.7 Å². The number of benzene rings is 2. The Labute approximate surface area is 129 Å². The molecule has 0 radical (unpaired) electrons. The molecule has 0 atom stereocenters. The van der Waals surface area contributed by atoms with Gasteiger partial charge in [0, 0.05) is 17.1 Å². The normalized spacial score (nSPS) is 13.5. The smallest absolute Gasteiger partial charge is 0.234 e. The summed E-state index contributed by atoms with van der Waals surface area (Å²) in [5, 5.41) is 6.35. The van der Waals surface area contributed by atoms with Crippen LogP contribution in [0.25, 0.3) is 0 Å². The highest BCUT2D eigenvalue weighted by atomic mass is 32.2. The third-order valence-corrected chi connectivity index (χ3v) is 4.67. The summed E-state index contributed by atoms with van der Waals surface area (Å²) in [7, 11) is 0. The van der Waals surface area contributed by atoms with Crippen molar-refractivity contribution in [3.63, 3.8) is 0 Å². The molecule has 2 aromatic carbocycles. The maximum Gasteiger partial charge on any atom is 0.234 e. The Morgan fingerprint density at radius 3 is 2.90 bits per heavy atom. The lowest BCUT2D eigenvalue weighted by Crippen LogP contribution is -2.18. The van der Waals surface area contributed by atoms with Crippen LogP contribution in [0.1, 0.15) is 16.7 Å². The fourth-order valence-corrected chi connectivity index (χ4v) is 3.17. The molecule has 108 valence electrons. The van der Waals surface area contributed by atoms with E-state index in [-0.39, 0.29) is 5.91 Å². The van der Waals surface area contributed by atoms with Gasteiger partial charge in [0.2, 0.25) is 5.91 Å². The summed E-state index contributed by atoms with van der Waals surface area (Å²) in [4.78, 5) is 12.6. The Balaban J connectivity index is 1.75. The second-order valence-electron chi connectivity index (χ2n) is 5.33. The number of nitrogens with one attached hydrogen (secondary N) is 2. The van der Waals surface area contributed by atoms with E-state index in [9.17, 15) is 4.79 Å². The molecule has 1 aliphatic heterocycles. The monoisotopic (exact) mass is 298 g/mol. The summed E-state index contributed by atoms with van der Waals surface area (Å²) < 4.78 is 0. The summed E-state index contributed by atoms with van der Waals surface area (Å²) in [6.45, 7) is 5.02. The molecule has 1 heterocycles. The quantitative estimate of drug-likeness (QED) is 0.901. The van der Waals surface area contributed by atoms with Crippen molar-refractivity contribution in [2.75, 3.05) is 16.4 Å². The number of fused-ring (bicyclic) bond motifs is 1. The molecule has 0 fully saturated rings. The molecule has 0 aromatic heterocycles. The average Bonchev–Trinajstić information content (AvgIpc) is 2.47. The lowest BCUT2D eigenvalue weighted by molar-refractivity contribution is -0.113. The number of hydrogen-bond acceptors (Lipinski definition) is 3. The van der Waals surface area contributed by atoms with Crippen LogP contribution < -0.4 is 10.6 Å². The van der Waals surface area contributed by atoms with Crippen molar-refractivity contribution in [1.29, 1.82) is 0 Å². The van der Waals surface area contributed by atoms with Crippen molar-refractivity contribution in [2.24, 2.45) is 0 Å². The highest BCUT2D eigenvalue weighted by Crippen LogP contribution is 2.33. The fraction of sp³-hybridized carbons (Fsp3) is 0.235. The molecule has 0 saturated heterocycles. The van der Waals surface area contributed by atoms with Crippen LogP contribution >= 0.6 is 11.8 Å². The Kier molecular flexibility index (Phi) is 3.88. The van der Waals surface area contributed by atoms with Gasteiger partial charge in [-0.15, -0.1) is 11.8 Å². The molecule has 3 nitrogen and oxygen atoms in total. The van der Waals surface area contributed by atoms with Gasteiger partial charge in [-0.1, -0.05) is 23.8 Å². The largest absolute Gasteiger partial charge is 0.381 e. The van der Waals surface area contributed by atoms with Gasteiger partial charge >= 0.3 is 0 Å². The Morgan fingerprint density at radius 2 is 2.05 bits per heavy atom. The number of rotatable bonds is 3. The van der Waals surface area contributed by atoms with Gasteiger partial charge in [-0.3, -0.25) is 4.79 Å². The van der Waals surface area contributed by atoms with Crippen LogP contribution in [0.5, 0.6) is 0 Å². The summed E-state index contributed by atoms with van der Waals surface area (Å²) in [6.07, 6.45) is 0. The minimum Gasteiger partial charge on any atom is -0.381 e. The molecule has 0 saturated carbocycles. The second kappa shape index (κ2) is 5.82. The number of aryl methyl sites for hydroxylation is 2. The molecule has 4 heteroatoms. The van der Waals surface area contributed by atoms with E-state index in [4.69, 9.17) is 0 Å². The van der Waals surface area contributed by atoms with Gasteiger partial charge in [0.05, 0.1) is 11.4 Å². The zero-order chi connectivity index (χ0) is 14.8. The number of amides is 1. The van der Waals surface area contributed by atoms with Gasteiger partial charge < -0.3 is 10.6 Å². The molecule has 3 rings (SSSR count). The first-order valence-electron chi connectivity index (χ1n) is 6.98. The topological polar surface area (TPSA) is 41.1 Å². The first kappa shape index (κ1) is 14.0. The maximum absolute atomic E-state index is 11.4. The van der Waals surface area contributed by atoms with Crippen LogP contribution in [0.2, 0.25) is 0 Å². The van der Waals surface area contributed by atoms with E-state index >= 15 is 0 Å². The third-order valence-electron chi connectivity index (χ3n) is 3.60. The van der Waals surface area contributed by atoms with E-state index in [1.54, 1.807) is 11.8 Å². The summed E-state index contributed by atoms with van der Waals surface area (Å²) in [5.41, 5.74) is 5.78. The highest BCUT2D eigenvalue weighted by Gasteiger charge is 2.15. The Hall–Kier alpha value is -1.94. The zero-order valence-electron chi connectivity index (χ0n) is 12.2. The predicted octanol–water partition coefficient (Wildman–Crippen LogP) is 3.96. The molecule has 1 amide bonds. The van der Waals surface area contributed by atoms with Gasteiger partial charge in [0.1, 0.15) is 0 Å². The maximum atomic E-state index is 11.4. The molecule has 1 aliphatic rings. The summed E-state index contributed by atoms with van der Waals surface area (Å²) >= 11 is 1.58. The molecular weight excluding hydrogens is 280 g/mol. The molecular formula is C17H18N2OS. The molecule has 21 heavy (non-hydrogen) atoms. The van der Waals surface area contributed by atoms with E-state index in [2.05, 4.69) is 54.8 Å². The van der Waals surface area contributed by atoms with Crippen molar-refractivity contribution in [3.05, 3.63) is 53.1 Å². The van der Waals surface area contributed by atoms with Gasteiger partial charge in [-0.2, -0.15) is 0 Å². The standard InChI is InChI=1S/C17H18N2OS/c1-11-3-4-12(2)13(7-11)9-18-14-5-6-16-15(8-14)19-17(20)10-21-16/h3-8,18H,9-10H2,1-2H3,(H,19,20). The van der Waals surface area contributed by atoms with Crippen LogP contribution in [0.4, 0.5) is 11.4 Å². The summed E-state index contributed by atoms with van der Waals surface area (Å²) in [5.74, 6) is 0.571. The summed E-state index contributed by atoms with van der Waals surface area (Å²) in [6, 6.07) is 12.6. The van der Waals surface area contributed by atoms with E-state index in [1.165, 1.54) is 16.7 Å². The Bertz CT molecular complexity index is 697. The number of carbonyl (C=O) groups is 1. The van der Waals surface area contributed by atoms with Crippen LogP contribution in [0.15, 0.2) is 41.3 Å². The predicted molar refractivity (Wildman–Crippen MR) is 89.0 cm³/mol. The first-order valence-corrected chi connectivity index (χ1v) is 7.97. The first-order chi connectivity index (χ1) is 10.1. The van der Waals surface area contributed by atoms with E-state index < -0.39 is 0 Å². The fourth-order valence-electron chi connectivity index (χ4n) is 2.38. The molecule has 2 N–H and O–H groups in total. The van der Waals surface area contributed by atoms with Crippen LogP contribution in [0.3, 0.4) is 0 Å². The van der Waals surface area contributed by atoms with Gasteiger partial charge in [0.25, 0.3) is 0 Å². The van der Waals surface area contributed by atoms with Crippen LogP contribution in [-0.2, 0) is 11.3 Å². The zero-order valence-corrected chi connectivity index (χ0v) is 13.0. The Morgan fingerprint density at radius 1 is 1.19 bits per heavy atom. The van der Waals surface area contributed by atoms with E-state index in [0.29, 0.717) is 5.75 Å². The van der Waals surface area contributed by atoms with Crippen molar-refractivity contribution in [1.82, 2.24) is 0 Å². The number of anilines is 2. The molecule has 2 aromatic rings. The highest BCUT2D eigenvalue weighted by molar-refractivity contribution is 8.00. The van der Waals surface area contributed by atoms with Gasteiger partial charge in [-0.25, -0.2) is 0 Å². The molecule has 0 unspecified atom stereocenters. The van der Waals surface area contributed by atoms with Gasteiger partial charge in [-0.05, 0) is 43.2 Å². The molecule has 0 aliphatic carbocycles. The van der Waals surface area contributed by atoms with Crippen molar-refractivity contribution in [2.45, 2.75) is 25.3 Å². The minimum absolute atomic E-state index is 0.0687.